The summed E-state index contributed by atoms with van der Waals surface area (Å²) in [5, 5.41) is 10.9. The van der Waals surface area contributed by atoms with Crippen molar-refractivity contribution in [1.82, 2.24) is 10.2 Å². The van der Waals surface area contributed by atoms with Crippen LogP contribution in [0.2, 0.25) is 10.3 Å². The average Bonchev–Trinajstić information content (AvgIpc) is 2.18. The Labute approximate surface area is 92.6 Å². The van der Waals surface area contributed by atoms with Crippen LogP contribution in [0.3, 0.4) is 0 Å². The summed E-state index contributed by atoms with van der Waals surface area (Å²) in [6.45, 7) is 3.92. The molecule has 1 heterocycles. The first kappa shape index (κ1) is 11.5. The number of nitrogens with zero attached hydrogens (tertiary/aromatic N) is 2. The van der Waals surface area contributed by atoms with Gasteiger partial charge in [-0.2, -0.15) is 0 Å². The van der Waals surface area contributed by atoms with E-state index in [0.717, 1.165) is 0 Å². The average molecular weight is 236 g/mol. The van der Waals surface area contributed by atoms with Gasteiger partial charge in [0, 0.05) is 19.2 Å². The molecule has 0 aromatic carbocycles. The lowest BCUT2D eigenvalue weighted by atomic mass is 10.4. The highest BCUT2D eigenvalue weighted by Crippen LogP contribution is 2.20. The quantitative estimate of drug-likeness (QED) is 0.796. The SMILES string of the molecule is CCOCCNc1cc(Cl)nnc1Cl. The van der Waals surface area contributed by atoms with Crippen molar-refractivity contribution in [3.63, 3.8) is 0 Å². The number of aromatic nitrogens is 2. The largest absolute Gasteiger partial charge is 0.380 e. The Kier molecular flexibility index (Phi) is 4.93. The highest BCUT2D eigenvalue weighted by Gasteiger charge is 2.02. The monoisotopic (exact) mass is 235 g/mol. The molecule has 0 aliphatic heterocycles. The topological polar surface area (TPSA) is 47.0 Å². The van der Waals surface area contributed by atoms with Crippen LogP contribution in [0.4, 0.5) is 5.69 Å². The molecule has 0 atom stereocenters. The van der Waals surface area contributed by atoms with Gasteiger partial charge in [-0.1, -0.05) is 23.2 Å². The van der Waals surface area contributed by atoms with Crippen molar-refractivity contribution in [2.24, 2.45) is 0 Å². The predicted octanol–water partition coefficient (Wildman–Crippen LogP) is 2.23. The molecule has 0 aliphatic carbocycles. The van der Waals surface area contributed by atoms with Crippen LogP contribution in [0.1, 0.15) is 6.92 Å². The zero-order valence-electron chi connectivity index (χ0n) is 7.76. The zero-order chi connectivity index (χ0) is 10.4. The molecular formula is C8H11Cl2N3O. The van der Waals surface area contributed by atoms with Gasteiger partial charge in [-0.15, -0.1) is 10.2 Å². The fourth-order valence-electron chi connectivity index (χ4n) is 0.879. The number of nitrogens with one attached hydrogen (secondary N) is 1. The molecule has 0 saturated carbocycles. The molecule has 0 bridgehead atoms. The Hall–Kier alpha value is -0.580. The fourth-order valence-corrected chi connectivity index (χ4v) is 1.19. The highest BCUT2D eigenvalue weighted by molar-refractivity contribution is 6.33. The Morgan fingerprint density at radius 3 is 2.93 bits per heavy atom. The third-order valence-corrected chi connectivity index (χ3v) is 1.95. The maximum atomic E-state index is 5.77. The number of hydrogen-bond donors (Lipinski definition) is 1. The summed E-state index contributed by atoms with van der Waals surface area (Å²) in [6, 6.07) is 1.63. The van der Waals surface area contributed by atoms with Crippen molar-refractivity contribution in [1.29, 1.82) is 0 Å². The molecule has 1 N–H and O–H groups in total. The van der Waals surface area contributed by atoms with Crippen LogP contribution in [-0.4, -0.2) is 30.0 Å². The molecule has 0 unspecified atom stereocenters. The molecule has 6 heteroatoms. The van der Waals surface area contributed by atoms with E-state index in [1.807, 2.05) is 6.92 Å². The summed E-state index contributed by atoms with van der Waals surface area (Å²) >= 11 is 11.4. The van der Waals surface area contributed by atoms with E-state index >= 15 is 0 Å². The van der Waals surface area contributed by atoms with Crippen molar-refractivity contribution in [2.75, 3.05) is 25.1 Å². The number of ether oxygens (including phenoxy) is 1. The fraction of sp³-hybridized carbons (Fsp3) is 0.500. The second-order valence-electron chi connectivity index (χ2n) is 2.50. The molecule has 0 amide bonds. The predicted molar refractivity (Wildman–Crippen MR) is 57.0 cm³/mol. The lowest BCUT2D eigenvalue weighted by molar-refractivity contribution is 0.158. The molecule has 1 aromatic rings. The second-order valence-corrected chi connectivity index (χ2v) is 3.24. The maximum absolute atomic E-state index is 5.77. The summed E-state index contributed by atoms with van der Waals surface area (Å²) < 4.78 is 5.15. The molecule has 1 aromatic heterocycles. The maximum Gasteiger partial charge on any atom is 0.174 e. The van der Waals surface area contributed by atoms with Crippen molar-refractivity contribution < 1.29 is 4.74 Å². The van der Waals surface area contributed by atoms with Crippen molar-refractivity contribution >= 4 is 28.9 Å². The minimum Gasteiger partial charge on any atom is -0.380 e. The molecule has 78 valence electrons. The molecule has 1 rings (SSSR count). The van der Waals surface area contributed by atoms with Crippen LogP contribution in [0.25, 0.3) is 0 Å². The van der Waals surface area contributed by atoms with Crippen molar-refractivity contribution in [3.05, 3.63) is 16.4 Å². The third-order valence-electron chi connectivity index (χ3n) is 1.48. The van der Waals surface area contributed by atoms with E-state index in [0.29, 0.717) is 35.8 Å². The summed E-state index contributed by atoms with van der Waals surface area (Å²) in [5.41, 5.74) is 0.673. The number of anilines is 1. The lowest BCUT2D eigenvalue weighted by Gasteiger charge is -2.06. The van der Waals surface area contributed by atoms with Gasteiger partial charge in [-0.05, 0) is 6.92 Å². The van der Waals surface area contributed by atoms with Gasteiger partial charge in [0.05, 0.1) is 12.3 Å². The summed E-state index contributed by atoms with van der Waals surface area (Å²) in [6.07, 6.45) is 0. The molecule has 0 aliphatic rings. The minimum atomic E-state index is 0.311. The van der Waals surface area contributed by atoms with Gasteiger partial charge in [0.25, 0.3) is 0 Å². The van der Waals surface area contributed by atoms with Gasteiger partial charge in [0.2, 0.25) is 0 Å². The van der Waals surface area contributed by atoms with Gasteiger partial charge in [0.1, 0.15) is 0 Å². The number of halogens is 2. The van der Waals surface area contributed by atoms with Gasteiger partial charge in [-0.25, -0.2) is 0 Å². The van der Waals surface area contributed by atoms with Gasteiger partial charge >= 0.3 is 0 Å². The minimum absolute atomic E-state index is 0.311. The van der Waals surface area contributed by atoms with Gasteiger partial charge in [0.15, 0.2) is 10.3 Å². The standard InChI is InChI=1S/C8H11Cl2N3O/c1-2-14-4-3-11-6-5-7(9)12-13-8(6)10/h5H,2-4H2,1H3,(H,11,12). The normalized spacial score (nSPS) is 10.2. The Balaban J connectivity index is 2.45. The van der Waals surface area contributed by atoms with E-state index in [2.05, 4.69) is 15.5 Å². The van der Waals surface area contributed by atoms with Crippen molar-refractivity contribution in [3.8, 4) is 0 Å². The van der Waals surface area contributed by atoms with E-state index in [4.69, 9.17) is 27.9 Å². The summed E-state index contributed by atoms with van der Waals surface area (Å²) in [4.78, 5) is 0. The van der Waals surface area contributed by atoms with Crippen LogP contribution in [-0.2, 0) is 4.74 Å². The first-order valence-electron chi connectivity index (χ1n) is 4.24. The first-order chi connectivity index (χ1) is 6.74. The van der Waals surface area contributed by atoms with Crippen LogP contribution in [0, 0.1) is 0 Å². The van der Waals surface area contributed by atoms with Crippen molar-refractivity contribution in [2.45, 2.75) is 6.92 Å². The second kappa shape index (κ2) is 6.01. The molecule has 0 saturated heterocycles. The number of rotatable bonds is 5. The smallest absolute Gasteiger partial charge is 0.174 e. The van der Waals surface area contributed by atoms with Crippen LogP contribution in [0.15, 0.2) is 6.07 Å². The highest BCUT2D eigenvalue weighted by atomic mass is 35.5. The van der Waals surface area contributed by atoms with E-state index in [-0.39, 0.29) is 0 Å². The van der Waals surface area contributed by atoms with Gasteiger partial charge in [-0.3, -0.25) is 0 Å². The molecular weight excluding hydrogens is 225 g/mol. The molecule has 14 heavy (non-hydrogen) atoms. The molecule has 0 radical (unpaired) electrons. The third kappa shape index (κ3) is 3.65. The Morgan fingerprint density at radius 1 is 1.43 bits per heavy atom. The van der Waals surface area contributed by atoms with E-state index in [9.17, 15) is 0 Å². The van der Waals surface area contributed by atoms with Crippen LogP contribution in [0.5, 0.6) is 0 Å². The van der Waals surface area contributed by atoms with Crippen LogP contribution < -0.4 is 5.32 Å². The van der Waals surface area contributed by atoms with Crippen LogP contribution >= 0.6 is 23.2 Å². The van der Waals surface area contributed by atoms with E-state index < -0.39 is 0 Å². The molecule has 0 spiro atoms. The van der Waals surface area contributed by atoms with E-state index in [1.165, 1.54) is 0 Å². The first-order valence-corrected chi connectivity index (χ1v) is 5.00. The summed E-state index contributed by atoms with van der Waals surface area (Å²) in [5.74, 6) is 0. The van der Waals surface area contributed by atoms with E-state index in [1.54, 1.807) is 6.07 Å². The molecule has 0 fully saturated rings. The van der Waals surface area contributed by atoms with Gasteiger partial charge < -0.3 is 10.1 Å². The lowest BCUT2D eigenvalue weighted by Crippen LogP contribution is -2.10. The zero-order valence-corrected chi connectivity index (χ0v) is 9.27. The Bertz CT molecular complexity index is 296. The summed E-state index contributed by atoms with van der Waals surface area (Å²) in [7, 11) is 0. The Morgan fingerprint density at radius 2 is 2.21 bits per heavy atom. The number of hydrogen-bond acceptors (Lipinski definition) is 4. The molecule has 4 nitrogen and oxygen atoms in total.